The molecule has 0 radical (unpaired) electrons. The molecule has 3 aromatic rings. The highest BCUT2D eigenvalue weighted by Gasteiger charge is 2.50. The van der Waals surface area contributed by atoms with Gasteiger partial charge in [-0.1, -0.05) is 11.6 Å². The van der Waals surface area contributed by atoms with Gasteiger partial charge in [0.2, 0.25) is 5.88 Å². The number of hydrogen-bond donors (Lipinski definition) is 1. The molecule has 0 amide bonds. The smallest absolute Gasteiger partial charge is 0.319 e. The lowest BCUT2D eigenvalue weighted by atomic mass is 9.95. The van der Waals surface area contributed by atoms with Gasteiger partial charge in [0.1, 0.15) is 47.6 Å². The summed E-state index contributed by atoms with van der Waals surface area (Å²) in [7, 11) is 0. The summed E-state index contributed by atoms with van der Waals surface area (Å²) in [6.45, 7) is 2.48. The van der Waals surface area contributed by atoms with Crippen molar-refractivity contribution < 1.29 is 22.6 Å². The number of aromatic nitrogens is 3. The third-order valence-corrected chi connectivity index (χ3v) is 10.8. The number of pyridine rings is 1. The van der Waals surface area contributed by atoms with Gasteiger partial charge in [0.05, 0.1) is 11.6 Å². The molecule has 12 heteroatoms. The molecule has 6 aliphatic rings. The van der Waals surface area contributed by atoms with Gasteiger partial charge in [0.25, 0.3) is 0 Å². The molecule has 1 N–H and O–H groups in total. The predicted molar refractivity (Wildman–Crippen MR) is 155 cm³/mol. The quantitative estimate of drug-likeness (QED) is 0.424. The Morgan fingerprint density at radius 2 is 2.00 bits per heavy atom. The van der Waals surface area contributed by atoms with Crippen LogP contribution in [-0.4, -0.2) is 82.5 Å². The van der Waals surface area contributed by atoms with Crippen molar-refractivity contribution in [1.29, 1.82) is 0 Å². The molecule has 5 fully saturated rings. The molecule has 8 nitrogen and oxygen atoms in total. The van der Waals surface area contributed by atoms with E-state index in [-0.39, 0.29) is 58.8 Å². The van der Waals surface area contributed by atoms with Gasteiger partial charge in [-0.25, -0.2) is 18.2 Å². The number of benzene rings is 1. The summed E-state index contributed by atoms with van der Waals surface area (Å²) in [4.78, 5) is 18.5. The maximum Gasteiger partial charge on any atom is 0.319 e. The fourth-order valence-corrected chi connectivity index (χ4v) is 8.74. The number of ether oxygens (including phenoxy) is 2. The van der Waals surface area contributed by atoms with E-state index < -0.39 is 23.3 Å². The average Bonchev–Trinajstić information content (AvgIpc) is 3.56. The van der Waals surface area contributed by atoms with Gasteiger partial charge < -0.3 is 19.7 Å². The monoisotopic (exact) mass is 612 g/mol. The zero-order valence-corrected chi connectivity index (χ0v) is 24.3. The normalized spacial score (nSPS) is 31.2. The second-order valence-corrected chi connectivity index (χ2v) is 13.6. The molecule has 0 spiro atoms. The third-order valence-electron chi connectivity index (χ3n) is 10.5. The van der Waals surface area contributed by atoms with Crippen molar-refractivity contribution in [1.82, 2.24) is 25.2 Å². The SMILES string of the molecule is Fc1cc(Cl)c(C2CC2)c(-c2nc3c4c(nc(OC[C@@]56CCCN5C[C@H](F)C6)nc4c2F)N2C[C@@H]4CC[C@@H](N4)[C@H]2CO3)c1. The van der Waals surface area contributed by atoms with Gasteiger partial charge in [0.15, 0.2) is 5.82 Å². The number of alkyl halides is 1. The van der Waals surface area contributed by atoms with Crippen LogP contribution < -0.4 is 19.7 Å². The van der Waals surface area contributed by atoms with Crippen LogP contribution >= 0.6 is 11.6 Å². The molecule has 7 heterocycles. The largest absolute Gasteiger partial charge is 0.475 e. The minimum absolute atomic E-state index is 0.0178. The van der Waals surface area contributed by atoms with Gasteiger partial charge in [-0.3, -0.25) is 4.90 Å². The first-order chi connectivity index (χ1) is 20.9. The van der Waals surface area contributed by atoms with Crippen LogP contribution in [0.4, 0.5) is 19.0 Å². The lowest BCUT2D eigenvalue weighted by molar-refractivity contribution is 0.107. The predicted octanol–water partition coefficient (Wildman–Crippen LogP) is 5.16. The fourth-order valence-electron chi connectivity index (χ4n) is 8.38. The van der Waals surface area contributed by atoms with Crippen LogP contribution in [0.1, 0.15) is 56.4 Å². The Hall–Kier alpha value is -2.89. The van der Waals surface area contributed by atoms with E-state index in [9.17, 15) is 8.78 Å². The first-order valence-electron chi connectivity index (χ1n) is 15.4. The van der Waals surface area contributed by atoms with Crippen molar-refractivity contribution in [3.63, 3.8) is 0 Å². The summed E-state index contributed by atoms with van der Waals surface area (Å²) in [5.74, 6) is -0.385. The molecule has 2 aromatic heterocycles. The molecule has 1 saturated carbocycles. The van der Waals surface area contributed by atoms with E-state index in [0.717, 1.165) is 45.1 Å². The van der Waals surface area contributed by atoms with E-state index in [1.165, 1.54) is 12.1 Å². The van der Waals surface area contributed by atoms with E-state index in [1.54, 1.807) is 0 Å². The van der Waals surface area contributed by atoms with Crippen molar-refractivity contribution in [2.24, 2.45) is 0 Å². The Morgan fingerprint density at radius 1 is 1.12 bits per heavy atom. The molecule has 5 aliphatic heterocycles. The Bertz CT molecular complexity index is 1660. The van der Waals surface area contributed by atoms with Crippen molar-refractivity contribution in [3.05, 3.63) is 34.4 Å². The number of halogens is 4. The Labute approximate surface area is 251 Å². The zero-order chi connectivity index (χ0) is 29.0. The maximum absolute atomic E-state index is 16.8. The van der Waals surface area contributed by atoms with Crippen LogP contribution in [0, 0.1) is 11.6 Å². The molecular formula is C31H32ClF3N6O2. The Morgan fingerprint density at radius 3 is 2.86 bits per heavy atom. The number of rotatable bonds is 5. The molecule has 1 aromatic carbocycles. The molecule has 9 rings (SSSR count). The number of fused-ring (bicyclic) bond motifs is 6. The lowest BCUT2D eigenvalue weighted by Gasteiger charge is -2.40. The van der Waals surface area contributed by atoms with E-state index in [4.69, 9.17) is 26.1 Å². The van der Waals surface area contributed by atoms with E-state index in [2.05, 4.69) is 25.1 Å². The highest BCUT2D eigenvalue weighted by molar-refractivity contribution is 6.32. The number of nitrogens with zero attached hydrogens (tertiary/aromatic N) is 5. The molecular weight excluding hydrogens is 581 g/mol. The minimum Gasteiger partial charge on any atom is -0.475 e. The minimum atomic E-state index is -0.896. The Balaban J connectivity index is 1.21. The first kappa shape index (κ1) is 26.5. The lowest BCUT2D eigenvalue weighted by Crippen LogP contribution is -2.60. The summed E-state index contributed by atoms with van der Waals surface area (Å²) >= 11 is 6.52. The third kappa shape index (κ3) is 4.14. The summed E-state index contributed by atoms with van der Waals surface area (Å²) in [5, 5.41) is 4.33. The van der Waals surface area contributed by atoms with Crippen molar-refractivity contribution >= 4 is 28.3 Å². The zero-order valence-electron chi connectivity index (χ0n) is 23.6. The van der Waals surface area contributed by atoms with Gasteiger partial charge in [-0.2, -0.15) is 9.97 Å². The second kappa shape index (κ2) is 9.55. The standard InChI is InChI=1S/C31H32ClF3N6O2/c32-20-9-16(33)8-19(23(20)15-2-3-15)26-25(35)27-24-28(41-12-18-4-5-21(36-18)22(41)13-42-29(24)37-26)39-30(38-27)43-14-31-6-1-7-40(31)11-17(34)10-31/h8-9,15,17-18,21-22,36H,1-7,10-14H2/t17-,18+,21-,22-,31+/m1/s1. The highest BCUT2D eigenvalue weighted by atomic mass is 35.5. The van der Waals surface area contributed by atoms with E-state index in [0.29, 0.717) is 48.4 Å². The van der Waals surface area contributed by atoms with Crippen molar-refractivity contribution in [2.75, 3.05) is 37.7 Å². The molecule has 43 heavy (non-hydrogen) atoms. The first-order valence-corrected chi connectivity index (χ1v) is 15.8. The number of hydrogen-bond acceptors (Lipinski definition) is 8. The van der Waals surface area contributed by atoms with Crippen molar-refractivity contribution in [2.45, 2.75) is 80.7 Å². The van der Waals surface area contributed by atoms with E-state index in [1.807, 2.05) is 0 Å². The molecule has 226 valence electrons. The fraction of sp³-hybridized carbons (Fsp3) is 0.581. The molecule has 4 saturated heterocycles. The van der Waals surface area contributed by atoms with Gasteiger partial charge in [0, 0.05) is 42.2 Å². The van der Waals surface area contributed by atoms with Crippen molar-refractivity contribution in [3.8, 4) is 23.1 Å². The van der Waals surface area contributed by atoms with Crippen LogP contribution in [0.5, 0.6) is 11.9 Å². The summed E-state index contributed by atoms with van der Waals surface area (Å²) in [5.41, 5.74) is 0.581. The Kier molecular flexibility index (Phi) is 5.89. The molecule has 0 unspecified atom stereocenters. The van der Waals surface area contributed by atoms with E-state index >= 15 is 4.39 Å². The highest BCUT2D eigenvalue weighted by Crippen LogP contribution is 2.50. The number of nitrogens with one attached hydrogen (secondary N) is 1. The van der Waals surface area contributed by atoms with Crippen LogP contribution in [0.15, 0.2) is 12.1 Å². The molecule has 2 bridgehead atoms. The number of anilines is 1. The average molecular weight is 613 g/mol. The maximum atomic E-state index is 16.8. The van der Waals surface area contributed by atoms with Crippen LogP contribution in [0.2, 0.25) is 5.02 Å². The molecule has 5 atom stereocenters. The van der Waals surface area contributed by atoms with Gasteiger partial charge >= 0.3 is 6.01 Å². The van der Waals surface area contributed by atoms with Gasteiger partial charge in [-0.15, -0.1) is 0 Å². The number of piperazine rings is 1. The van der Waals surface area contributed by atoms with Crippen LogP contribution in [0.25, 0.3) is 22.2 Å². The summed E-state index contributed by atoms with van der Waals surface area (Å²) in [6.07, 6.45) is 5.16. The van der Waals surface area contributed by atoms with Crippen LogP contribution in [-0.2, 0) is 0 Å². The van der Waals surface area contributed by atoms with Gasteiger partial charge in [-0.05, 0) is 68.7 Å². The second-order valence-electron chi connectivity index (χ2n) is 13.2. The molecule has 1 aliphatic carbocycles. The summed E-state index contributed by atoms with van der Waals surface area (Å²) < 4.78 is 58.6. The topological polar surface area (TPSA) is 75.6 Å². The van der Waals surface area contributed by atoms with Crippen LogP contribution in [0.3, 0.4) is 0 Å². The summed E-state index contributed by atoms with van der Waals surface area (Å²) in [6, 6.07) is 3.05.